The van der Waals surface area contributed by atoms with E-state index in [1.165, 1.54) is 0 Å². The topological polar surface area (TPSA) is 64.8 Å². The third kappa shape index (κ3) is 3.24. The molecule has 0 radical (unpaired) electrons. The number of benzene rings is 1. The Hall–Kier alpha value is -1.59. The third-order valence-corrected chi connectivity index (χ3v) is 3.08. The van der Waals surface area contributed by atoms with Crippen molar-refractivity contribution in [1.29, 1.82) is 0 Å². The molecule has 5 heteroatoms. The zero-order chi connectivity index (χ0) is 13.7. The molecule has 0 aromatic heterocycles. The van der Waals surface area contributed by atoms with Gasteiger partial charge in [0.1, 0.15) is 5.75 Å². The second kappa shape index (κ2) is 6.54. The van der Waals surface area contributed by atoms with Crippen LogP contribution in [-0.4, -0.2) is 38.3 Å². The summed E-state index contributed by atoms with van der Waals surface area (Å²) in [5.41, 5.74) is 6.48. The van der Waals surface area contributed by atoms with Crippen LogP contribution >= 0.6 is 0 Å². The summed E-state index contributed by atoms with van der Waals surface area (Å²) in [5.74, 6) is 0.781. The Kier molecular flexibility index (Phi) is 4.76. The lowest BCUT2D eigenvalue weighted by atomic mass is 10.2. The van der Waals surface area contributed by atoms with Crippen molar-refractivity contribution in [2.45, 2.75) is 19.4 Å². The summed E-state index contributed by atoms with van der Waals surface area (Å²) < 4.78 is 11.1. The van der Waals surface area contributed by atoms with E-state index in [1.807, 2.05) is 31.2 Å². The van der Waals surface area contributed by atoms with Crippen LogP contribution in [0.2, 0.25) is 0 Å². The molecule has 0 aliphatic carbocycles. The van der Waals surface area contributed by atoms with E-state index in [2.05, 4.69) is 0 Å². The molecule has 1 aromatic rings. The fourth-order valence-corrected chi connectivity index (χ4v) is 2.15. The Balaban J connectivity index is 2.23. The molecule has 5 nitrogen and oxygen atoms in total. The molecule has 104 valence electrons. The Morgan fingerprint density at radius 2 is 2.26 bits per heavy atom. The molecule has 1 atom stereocenters. The average molecular weight is 264 g/mol. The second-order valence-electron chi connectivity index (χ2n) is 4.38. The van der Waals surface area contributed by atoms with Crippen LogP contribution in [0, 0.1) is 0 Å². The SMILES string of the molecule is CCOC(CN)CN1C(=O)CCOc2ccccc21. The lowest BCUT2D eigenvalue weighted by Crippen LogP contribution is -2.41. The smallest absolute Gasteiger partial charge is 0.230 e. The molecule has 1 heterocycles. The predicted octanol–water partition coefficient (Wildman–Crippen LogP) is 1.17. The van der Waals surface area contributed by atoms with Crippen molar-refractivity contribution in [2.75, 3.05) is 31.2 Å². The van der Waals surface area contributed by atoms with Gasteiger partial charge in [-0.2, -0.15) is 0 Å². The number of nitrogens with zero attached hydrogens (tertiary/aromatic N) is 1. The number of fused-ring (bicyclic) bond motifs is 1. The van der Waals surface area contributed by atoms with E-state index in [1.54, 1.807) is 4.90 Å². The van der Waals surface area contributed by atoms with E-state index >= 15 is 0 Å². The molecule has 1 aliphatic heterocycles. The summed E-state index contributed by atoms with van der Waals surface area (Å²) in [4.78, 5) is 13.9. The van der Waals surface area contributed by atoms with E-state index in [0.29, 0.717) is 32.7 Å². The number of anilines is 1. The Morgan fingerprint density at radius 3 is 3.00 bits per heavy atom. The molecule has 2 rings (SSSR count). The minimum atomic E-state index is -0.153. The van der Waals surface area contributed by atoms with Crippen molar-refractivity contribution < 1.29 is 14.3 Å². The van der Waals surface area contributed by atoms with Crippen molar-refractivity contribution in [2.24, 2.45) is 5.73 Å². The first-order valence-corrected chi connectivity index (χ1v) is 6.60. The van der Waals surface area contributed by atoms with E-state index in [-0.39, 0.29) is 12.0 Å². The molecule has 0 saturated heterocycles. The molecular weight excluding hydrogens is 244 g/mol. The summed E-state index contributed by atoms with van der Waals surface area (Å²) in [6.45, 7) is 3.77. The fourth-order valence-electron chi connectivity index (χ4n) is 2.15. The molecule has 0 fully saturated rings. The monoisotopic (exact) mass is 264 g/mol. The zero-order valence-electron chi connectivity index (χ0n) is 11.2. The minimum Gasteiger partial charge on any atom is -0.491 e. The van der Waals surface area contributed by atoms with Crippen molar-refractivity contribution >= 4 is 11.6 Å². The van der Waals surface area contributed by atoms with Crippen molar-refractivity contribution in [3.63, 3.8) is 0 Å². The molecular formula is C14H20N2O3. The van der Waals surface area contributed by atoms with E-state index in [4.69, 9.17) is 15.2 Å². The van der Waals surface area contributed by atoms with Crippen molar-refractivity contribution in [3.8, 4) is 5.75 Å². The van der Waals surface area contributed by atoms with Crippen LogP contribution in [0.4, 0.5) is 5.69 Å². The number of rotatable bonds is 5. The van der Waals surface area contributed by atoms with Gasteiger partial charge in [-0.25, -0.2) is 0 Å². The normalized spacial score (nSPS) is 16.5. The standard InChI is InChI=1S/C14H20N2O3/c1-2-18-11(9-15)10-16-12-5-3-4-6-13(12)19-8-7-14(16)17/h3-6,11H,2,7-10,15H2,1H3. The molecule has 1 unspecified atom stereocenters. The van der Waals surface area contributed by atoms with E-state index in [0.717, 1.165) is 11.4 Å². The first-order chi connectivity index (χ1) is 9.26. The summed E-state index contributed by atoms with van der Waals surface area (Å²) in [6, 6.07) is 7.55. The minimum absolute atomic E-state index is 0.0445. The maximum Gasteiger partial charge on any atom is 0.230 e. The number of nitrogens with two attached hydrogens (primary N) is 1. The van der Waals surface area contributed by atoms with E-state index in [9.17, 15) is 4.79 Å². The highest BCUT2D eigenvalue weighted by Crippen LogP contribution is 2.31. The first kappa shape index (κ1) is 13.8. The number of amides is 1. The van der Waals surface area contributed by atoms with Crippen molar-refractivity contribution in [1.82, 2.24) is 0 Å². The van der Waals surface area contributed by atoms with Crippen LogP contribution in [0.5, 0.6) is 5.75 Å². The third-order valence-electron chi connectivity index (χ3n) is 3.08. The Labute approximate surface area is 113 Å². The van der Waals surface area contributed by atoms with Gasteiger partial charge in [0, 0.05) is 13.2 Å². The molecule has 2 N–H and O–H groups in total. The Morgan fingerprint density at radius 1 is 1.47 bits per heavy atom. The van der Waals surface area contributed by atoms with Gasteiger partial charge in [0.05, 0.1) is 31.4 Å². The Bertz CT molecular complexity index is 436. The maximum atomic E-state index is 12.2. The van der Waals surface area contributed by atoms with Crippen LogP contribution < -0.4 is 15.4 Å². The van der Waals surface area contributed by atoms with Crippen LogP contribution in [0.1, 0.15) is 13.3 Å². The van der Waals surface area contributed by atoms with Gasteiger partial charge in [0.25, 0.3) is 0 Å². The van der Waals surface area contributed by atoms with Gasteiger partial charge in [-0.3, -0.25) is 4.79 Å². The number of para-hydroxylation sites is 2. The summed E-state index contributed by atoms with van der Waals surface area (Å²) in [5, 5.41) is 0. The van der Waals surface area contributed by atoms with Crippen LogP contribution in [0.25, 0.3) is 0 Å². The summed E-state index contributed by atoms with van der Waals surface area (Å²) in [7, 11) is 0. The number of carbonyl (C=O) groups excluding carboxylic acids is 1. The summed E-state index contributed by atoms with van der Waals surface area (Å²) in [6.07, 6.45) is 0.220. The zero-order valence-corrected chi connectivity index (χ0v) is 11.2. The fraction of sp³-hybridized carbons (Fsp3) is 0.500. The van der Waals surface area contributed by atoms with Crippen LogP contribution in [-0.2, 0) is 9.53 Å². The quantitative estimate of drug-likeness (QED) is 0.867. The second-order valence-corrected chi connectivity index (χ2v) is 4.38. The first-order valence-electron chi connectivity index (χ1n) is 6.60. The van der Waals surface area contributed by atoms with Gasteiger partial charge in [-0.05, 0) is 19.1 Å². The average Bonchev–Trinajstić information content (AvgIpc) is 2.58. The van der Waals surface area contributed by atoms with Crippen LogP contribution in [0.15, 0.2) is 24.3 Å². The molecule has 19 heavy (non-hydrogen) atoms. The highest BCUT2D eigenvalue weighted by Gasteiger charge is 2.25. The molecule has 0 spiro atoms. The molecule has 0 saturated carbocycles. The lowest BCUT2D eigenvalue weighted by molar-refractivity contribution is -0.119. The summed E-state index contributed by atoms with van der Waals surface area (Å²) >= 11 is 0. The lowest BCUT2D eigenvalue weighted by Gasteiger charge is -2.26. The number of hydrogen-bond acceptors (Lipinski definition) is 4. The molecule has 1 aliphatic rings. The van der Waals surface area contributed by atoms with Gasteiger partial charge in [-0.1, -0.05) is 12.1 Å². The van der Waals surface area contributed by atoms with Crippen molar-refractivity contribution in [3.05, 3.63) is 24.3 Å². The number of ether oxygens (including phenoxy) is 2. The molecule has 1 aromatic carbocycles. The number of hydrogen-bond donors (Lipinski definition) is 1. The number of carbonyl (C=O) groups is 1. The van der Waals surface area contributed by atoms with E-state index < -0.39 is 0 Å². The maximum absolute atomic E-state index is 12.2. The predicted molar refractivity (Wildman–Crippen MR) is 73.4 cm³/mol. The highest BCUT2D eigenvalue weighted by molar-refractivity contribution is 5.95. The van der Waals surface area contributed by atoms with Gasteiger partial charge in [-0.15, -0.1) is 0 Å². The van der Waals surface area contributed by atoms with Gasteiger partial charge < -0.3 is 20.1 Å². The van der Waals surface area contributed by atoms with Gasteiger partial charge >= 0.3 is 0 Å². The highest BCUT2D eigenvalue weighted by atomic mass is 16.5. The molecule has 1 amide bonds. The largest absolute Gasteiger partial charge is 0.491 e. The molecule has 0 bridgehead atoms. The van der Waals surface area contributed by atoms with Crippen LogP contribution in [0.3, 0.4) is 0 Å². The van der Waals surface area contributed by atoms with Gasteiger partial charge in [0.2, 0.25) is 5.91 Å². The van der Waals surface area contributed by atoms with Gasteiger partial charge in [0.15, 0.2) is 0 Å².